The predicted molar refractivity (Wildman–Crippen MR) is 129 cm³/mol. The maximum Gasteiger partial charge on any atom is 0.437 e. The molecule has 0 aliphatic carbocycles. The molecule has 14 heteroatoms. The molecular weight excluding hydrogens is 551 g/mol. The van der Waals surface area contributed by atoms with E-state index in [0.29, 0.717) is 17.2 Å². The predicted octanol–water partition coefficient (Wildman–Crippen LogP) is 5.18. The lowest BCUT2D eigenvalue weighted by Crippen LogP contribution is -2.28. The Bertz CT molecular complexity index is 1530. The van der Waals surface area contributed by atoms with E-state index in [9.17, 15) is 36.6 Å². The second-order valence-corrected chi connectivity index (χ2v) is 8.32. The fourth-order valence-electron chi connectivity index (χ4n) is 3.30. The minimum atomic E-state index is -5.09. The molecule has 0 spiro atoms. The summed E-state index contributed by atoms with van der Waals surface area (Å²) in [6, 6.07) is 9.97. The topological polar surface area (TPSA) is 129 Å². The summed E-state index contributed by atoms with van der Waals surface area (Å²) >= 11 is 5.85. The molecule has 1 unspecified atom stereocenters. The second-order valence-electron chi connectivity index (χ2n) is 7.89. The standard InChI is InChI=1S/C25H16ClF5N4O4/c26-17-5-13(9-32)6-19(8-17)39-21-22(25(29,30)31)34-12-35(24(21)38)10-18(33)7-16(11-36)14-1-3-15(4-2-14)20(37)23(27)28/h1-8,11-12,20,23,33,37H,10H2/b16-7+,33-18?. The highest BCUT2D eigenvalue weighted by atomic mass is 35.5. The highest BCUT2D eigenvalue weighted by molar-refractivity contribution is 6.30. The third-order valence-electron chi connectivity index (χ3n) is 5.11. The van der Waals surface area contributed by atoms with E-state index in [1.54, 1.807) is 6.07 Å². The van der Waals surface area contributed by atoms with Gasteiger partial charge in [-0.2, -0.15) is 18.4 Å². The molecule has 0 aliphatic heterocycles. The van der Waals surface area contributed by atoms with Crippen molar-refractivity contribution >= 4 is 29.2 Å². The van der Waals surface area contributed by atoms with Gasteiger partial charge in [-0.15, -0.1) is 0 Å². The molecule has 202 valence electrons. The molecule has 0 saturated heterocycles. The van der Waals surface area contributed by atoms with Crippen LogP contribution in [0.3, 0.4) is 0 Å². The molecule has 0 fully saturated rings. The van der Waals surface area contributed by atoms with E-state index < -0.39 is 48.0 Å². The number of hydrogen-bond acceptors (Lipinski definition) is 7. The number of rotatable bonds is 9. The normalized spacial score (nSPS) is 12.6. The van der Waals surface area contributed by atoms with E-state index in [4.69, 9.17) is 27.0 Å². The number of carbonyl (C=O) groups excluding carboxylic acids is 1. The zero-order chi connectivity index (χ0) is 28.9. The maximum atomic E-state index is 13.6. The lowest BCUT2D eigenvalue weighted by atomic mass is 10.0. The van der Waals surface area contributed by atoms with Crippen molar-refractivity contribution in [1.29, 1.82) is 10.7 Å². The van der Waals surface area contributed by atoms with Crippen molar-refractivity contribution in [1.82, 2.24) is 9.55 Å². The van der Waals surface area contributed by atoms with Crippen molar-refractivity contribution in [2.24, 2.45) is 0 Å². The van der Waals surface area contributed by atoms with Crippen LogP contribution in [0.15, 0.2) is 59.7 Å². The summed E-state index contributed by atoms with van der Waals surface area (Å²) in [5.74, 6) is -1.56. The fourth-order valence-corrected chi connectivity index (χ4v) is 3.53. The number of nitriles is 1. The molecule has 0 saturated carbocycles. The van der Waals surface area contributed by atoms with Gasteiger partial charge in [-0.1, -0.05) is 35.9 Å². The highest BCUT2D eigenvalue weighted by Crippen LogP contribution is 2.35. The summed E-state index contributed by atoms with van der Waals surface area (Å²) in [6.45, 7) is -0.626. The molecule has 39 heavy (non-hydrogen) atoms. The third-order valence-corrected chi connectivity index (χ3v) is 5.33. The van der Waals surface area contributed by atoms with Crippen molar-refractivity contribution in [3.8, 4) is 17.6 Å². The van der Waals surface area contributed by atoms with Crippen LogP contribution in [0.5, 0.6) is 11.5 Å². The van der Waals surface area contributed by atoms with Gasteiger partial charge < -0.3 is 15.3 Å². The first-order valence-corrected chi connectivity index (χ1v) is 11.1. The zero-order valence-corrected chi connectivity index (χ0v) is 20.2. The highest BCUT2D eigenvalue weighted by Gasteiger charge is 2.38. The summed E-state index contributed by atoms with van der Waals surface area (Å²) in [6.07, 6.45) is -8.22. The van der Waals surface area contributed by atoms with Gasteiger partial charge in [0, 0.05) is 10.6 Å². The second kappa shape index (κ2) is 12.0. The van der Waals surface area contributed by atoms with Gasteiger partial charge in [-0.25, -0.2) is 13.8 Å². The molecular formula is C25H16ClF5N4O4. The molecule has 1 aromatic heterocycles. The average molecular weight is 567 g/mol. The number of allylic oxidation sites excluding steroid dienone is 2. The van der Waals surface area contributed by atoms with Crippen LogP contribution < -0.4 is 10.3 Å². The monoisotopic (exact) mass is 566 g/mol. The molecule has 1 heterocycles. The lowest BCUT2D eigenvalue weighted by Gasteiger charge is -2.15. The minimum absolute atomic E-state index is 0.0353. The number of halogens is 6. The first-order chi connectivity index (χ1) is 18.3. The summed E-state index contributed by atoms with van der Waals surface area (Å²) in [4.78, 5) is 27.8. The number of alkyl halides is 5. The number of hydrogen-bond donors (Lipinski definition) is 2. The van der Waals surface area contributed by atoms with Gasteiger partial charge in [0.1, 0.15) is 11.9 Å². The molecule has 0 aliphatic rings. The Morgan fingerprint density at radius 3 is 2.46 bits per heavy atom. The van der Waals surface area contributed by atoms with E-state index in [2.05, 4.69) is 4.98 Å². The van der Waals surface area contributed by atoms with Crippen LogP contribution in [0.1, 0.15) is 28.5 Å². The van der Waals surface area contributed by atoms with E-state index in [0.717, 1.165) is 30.3 Å². The third kappa shape index (κ3) is 7.13. The minimum Gasteiger partial charge on any atom is -0.449 e. The summed E-state index contributed by atoms with van der Waals surface area (Å²) < 4.78 is 71.8. The molecule has 2 aromatic carbocycles. The van der Waals surface area contributed by atoms with Gasteiger partial charge in [0.2, 0.25) is 5.75 Å². The Balaban J connectivity index is 1.94. The van der Waals surface area contributed by atoms with Gasteiger partial charge in [0.25, 0.3) is 12.0 Å². The Morgan fingerprint density at radius 1 is 1.23 bits per heavy atom. The number of nitrogens with zero attached hydrogens (tertiary/aromatic N) is 3. The first-order valence-electron chi connectivity index (χ1n) is 10.7. The van der Waals surface area contributed by atoms with E-state index in [-0.39, 0.29) is 33.0 Å². The van der Waals surface area contributed by atoms with E-state index in [1.807, 2.05) is 0 Å². The smallest absolute Gasteiger partial charge is 0.437 e. The van der Waals surface area contributed by atoms with E-state index >= 15 is 0 Å². The zero-order valence-electron chi connectivity index (χ0n) is 19.4. The Kier molecular flexibility index (Phi) is 8.95. The number of ether oxygens (including phenoxy) is 1. The average Bonchev–Trinajstić information content (AvgIpc) is 2.88. The Morgan fingerprint density at radius 2 is 1.90 bits per heavy atom. The summed E-state index contributed by atoms with van der Waals surface area (Å²) in [5, 5.41) is 26.6. The van der Waals surface area contributed by atoms with E-state index in [1.165, 1.54) is 18.2 Å². The van der Waals surface area contributed by atoms with Crippen LogP contribution in [0.25, 0.3) is 5.57 Å². The first kappa shape index (κ1) is 29.2. The molecule has 3 rings (SSSR count). The number of aldehydes is 1. The van der Waals surface area contributed by atoms with Crippen molar-refractivity contribution < 1.29 is 36.6 Å². The number of carbonyl (C=O) groups is 1. The number of nitrogens with one attached hydrogen (secondary N) is 1. The van der Waals surface area contributed by atoms with Crippen molar-refractivity contribution in [2.75, 3.05) is 0 Å². The largest absolute Gasteiger partial charge is 0.449 e. The Labute approximate surface area is 221 Å². The van der Waals surface area contributed by atoms with Crippen molar-refractivity contribution in [3.05, 3.63) is 92.6 Å². The van der Waals surface area contributed by atoms with Crippen LogP contribution in [0.4, 0.5) is 22.0 Å². The molecule has 1 atom stereocenters. The van der Waals surface area contributed by atoms with Crippen LogP contribution >= 0.6 is 11.6 Å². The summed E-state index contributed by atoms with van der Waals surface area (Å²) in [5.41, 5.74) is -3.43. The van der Waals surface area contributed by atoms with Gasteiger partial charge in [-0.3, -0.25) is 14.2 Å². The number of aromatic nitrogens is 2. The molecule has 0 bridgehead atoms. The van der Waals surface area contributed by atoms with Crippen LogP contribution in [-0.2, 0) is 17.5 Å². The maximum absolute atomic E-state index is 13.6. The van der Waals surface area contributed by atoms with Crippen LogP contribution in [0, 0.1) is 16.7 Å². The number of aliphatic hydroxyl groups is 1. The van der Waals surface area contributed by atoms with Crippen LogP contribution in [-0.4, -0.2) is 33.1 Å². The summed E-state index contributed by atoms with van der Waals surface area (Å²) in [7, 11) is 0. The Hall–Kier alpha value is -4.41. The van der Waals surface area contributed by atoms with Gasteiger partial charge in [-0.05, 0) is 35.4 Å². The molecule has 0 amide bonds. The molecule has 2 N–H and O–H groups in total. The van der Waals surface area contributed by atoms with Crippen molar-refractivity contribution in [3.63, 3.8) is 0 Å². The number of benzene rings is 2. The van der Waals surface area contributed by atoms with Crippen molar-refractivity contribution in [2.45, 2.75) is 25.3 Å². The van der Waals surface area contributed by atoms with Gasteiger partial charge in [0.05, 0.1) is 30.2 Å². The number of aliphatic hydroxyl groups excluding tert-OH is 1. The molecule has 8 nitrogen and oxygen atoms in total. The SMILES string of the molecule is N#Cc1cc(Cl)cc(Oc2c(C(F)(F)F)ncn(CC(=N)/C=C(\C=O)c3ccc(C(O)C(F)F)cc3)c2=O)c1. The lowest BCUT2D eigenvalue weighted by molar-refractivity contribution is -0.142. The van der Waals surface area contributed by atoms with Crippen LogP contribution in [0.2, 0.25) is 5.02 Å². The molecule has 0 radical (unpaired) electrons. The fraction of sp³-hybridized carbons (Fsp3) is 0.160. The van der Waals surface area contributed by atoms with Gasteiger partial charge in [0.15, 0.2) is 12.0 Å². The molecule has 3 aromatic rings. The van der Waals surface area contributed by atoms with Gasteiger partial charge >= 0.3 is 6.18 Å². The quantitative estimate of drug-likeness (QED) is 0.159.